The van der Waals surface area contributed by atoms with Crippen LogP contribution in [-0.4, -0.2) is 44.7 Å². The fourth-order valence-electron chi connectivity index (χ4n) is 2.12. The highest BCUT2D eigenvalue weighted by molar-refractivity contribution is 7.89. The van der Waals surface area contributed by atoms with Crippen LogP contribution in [0.25, 0.3) is 0 Å². The minimum absolute atomic E-state index is 0.117. The van der Waals surface area contributed by atoms with Crippen molar-refractivity contribution in [3.63, 3.8) is 0 Å². The van der Waals surface area contributed by atoms with Crippen LogP contribution in [0.4, 0.5) is 0 Å². The molecule has 0 unspecified atom stereocenters. The van der Waals surface area contributed by atoms with Crippen LogP contribution >= 0.6 is 0 Å². The maximum Gasteiger partial charge on any atom is 0.246 e. The maximum atomic E-state index is 12.5. The van der Waals surface area contributed by atoms with Gasteiger partial charge in [0.25, 0.3) is 0 Å². The second-order valence-electron chi connectivity index (χ2n) is 5.05. The zero-order valence-electron chi connectivity index (χ0n) is 12.5. The van der Waals surface area contributed by atoms with E-state index in [9.17, 15) is 8.42 Å². The monoisotopic (exact) mass is 332 g/mol. The molecule has 0 aliphatic heterocycles. The third-order valence-corrected chi connectivity index (χ3v) is 5.10. The van der Waals surface area contributed by atoms with Crippen molar-refractivity contribution in [2.24, 2.45) is 0 Å². The van der Waals surface area contributed by atoms with Gasteiger partial charge in [-0.15, -0.1) is 0 Å². The van der Waals surface area contributed by atoms with Gasteiger partial charge in [0.15, 0.2) is 0 Å². The summed E-state index contributed by atoms with van der Waals surface area (Å²) in [6, 6.07) is 9.72. The normalized spacial score (nSPS) is 11.9. The number of aromatic amines is 1. The van der Waals surface area contributed by atoms with Crippen molar-refractivity contribution in [2.75, 3.05) is 7.05 Å². The van der Waals surface area contributed by atoms with Gasteiger partial charge in [-0.1, -0.05) is 30.3 Å². The Morgan fingerprint density at radius 1 is 1.26 bits per heavy atom. The zero-order valence-corrected chi connectivity index (χ0v) is 13.3. The summed E-state index contributed by atoms with van der Waals surface area (Å²) in [5.41, 5.74) is 1.05. The third kappa shape index (κ3) is 3.46. The number of sulfonamides is 1. The standard InChI is InChI=1S/C14H16N6O2S/c1-19(10-14-15-11-16-18-14)23(21,22)13-7-17-20(9-13)8-12-5-3-2-4-6-12/h2-7,9,11H,8,10H2,1H3,(H,15,16,18). The molecule has 8 nitrogen and oxygen atoms in total. The van der Waals surface area contributed by atoms with Crippen LogP contribution in [0.15, 0.2) is 53.9 Å². The van der Waals surface area contributed by atoms with Gasteiger partial charge in [-0.05, 0) is 5.56 Å². The fourth-order valence-corrected chi connectivity index (χ4v) is 3.20. The van der Waals surface area contributed by atoms with Crippen molar-refractivity contribution >= 4 is 10.0 Å². The molecule has 3 rings (SSSR count). The van der Waals surface area contributed by atoms with Crippen molar-refractivity contribution < 1.29 is 8.42 Å². The van der Waals surface area contributed by atoms with Gasteiger partial charge in [-0.25, -0.2) is 13.4 Å². The lowest BCUT2D eigenvalue weighted by Gasteiger charge is -2.14. The second kappa shape index (κ2) is 6.31. The smallest absolute Gasteiger partial charge is 0.246 e. The lowest BCUT2D eigenvalue weighted by molar-refractivity contribution is 0.457. The highest BCUT2D eigenvalue weighted by atomic mass is 32.2. The van der Waals surface area contributed by atoms with E-state index < -0.39 is 10.0 Å². The molecule has 2 heterocycles. The lowest BCUT2D eigenvalue weighted by atomic mass is 10.2. The predicted molar refractivity (Wildman–Crippen MR) is 82.8 cm³/mol. The van der Waals surface area contributed by atoms with Crippen LogP contribution in [0.5, 0.6) is 0 Å². The summed E-state index contributed by atoms with van der Waals surface area (Å²) in [7, 11) is -2.13. The third-order valence-electron chi connectivity index (χ3n) is 3.34. The first-order valence-corrected chi connectivity index (χ1v) is 8.36. The molecule has 1 aromatic carbocycles. The van der Waals surface area contributed by atoms with E-state index >= 15 is 0 Å². The molecule has 2 aromatic heterocycles. The van der Waals surface area contributed by atoms with Gasteiger partial charge in [-0.3, -0.25) is 9.78 Å². The van der Waals surface area contributed by atoms with Crippen molar-refractivity contribution in [1.29, 1.82) is 0 Å². The molecule has 0 saturated carbocycles. The van der Waals surface area contributed by atoms with E-state index in [2.05, 4.69) is 20.3 Å². The summed E-state index contributed by atoms with van der Waals surface area (Å²) >= 11 is 0. The summed E-state index contributed by atoms with van der Waals surface area (Å²) < 4.78 is 27.9. The van der Waals surface area contributed by atoms with Gasteiger partial charge >= 0.3 is 0 Å². The lowest BCUT2D eigenvalue weighted by Crippen LogP contribution is -2.26. The Balaban J connectivity index is 1.75. The molecule has 9 heteroatoms. The molecule has 0 amide bonds. The largest absolute Gasteiger partial charge is 0.267 e. The Kier molecular flexibility index (Phi) is 4.22. The Hall–Kier alpha value is -2.52. The average Bonchev–Trinajstić information content (AvgIpc) is 3.20. The maximum absolute atomic E-state index is 12.5. The summed E-state index contributed by atoms with van der Waals surface area (Å²) in [5, 5.41) is 10.5. The minimum atomic E-state index is -3.62. The number of H-pyrrole nitrogens is 1. The van der Waals surface area contributed by atoms with Crippen molar-refractivity contribution in [3.05, 3.63) is 60.4 Å². The molecule has 0 aliphatic carbocycles. The van der Waals surface area contributed by atoms with Crippen molar-refractivity contribution in [2.45, 2.75) is 18.0 Å². The van der Waals surface area contributed by atoms with Crippen LogP contribution in [-0.2, 0) is 23.1 Å². The first-order chi connectivity index (χ1) is 11.1. The van der Waals surface area contributed by atoms with Crippen molar-refractivity contribution in [3.8, 4) is 0 Å². The molecule has 0 atom stereocenters. The Morgan fingerprint density at radius 2 is 2.04 bits per heavy atom. The molecule has 3 aromatic rings. The van der Waals surface area contributed by atoms with Gasteiger partial charge in [0, 0.05) is 13.2 Å². The summed E-state index contributed by atoms with van der Waals surface area (Å²) in [6.45, 7) is 0.633. The Morgan fingerprint density at radius 3 is 2.74 bits per heavy atom. The van der Waals surface area contributed by atoms with Crippen LogP contribution in [0.1, 0.15) is 11.4 Å². The number of nitrogens with zero attached hydrogens (tertiary/aromatic N) is 5. The topological polar surface area (TPSA) is 96.8 Å². The van der Waals surface area contributed by atoms with Crippen LogP contribution in [0.3, 0.4) is 0 Å². The van der Waals surface area contributed by atoms with Gasteiger partial charge in [0.1, 0.15) is 17.0 Å². The van der Waals surface area contributed by atoms with E-state index in [-0.39, 0.29) is 11.4 Å². The van der Waals surface area contributed by atoms with Gasteiger partial charge in [0.05, 0.1) is 19.3 Å². The van der Waals surface area contributed by atoms with E-state index in [1.807, 2.05) is 30.3 Å². The highest BCUT2D eigenvalue weighted by Crippen LogP contribution is 2.15. The van der Waals surface area contributed by atoms with Gasteiger partial charge < -0.3 is 0 Å². The Labute approximate surface area is 133 Å². The molecule has 0 saturated heterocycles. The number of hydrogen-bond acceptors (Lipinski definition) is 5. The first kappa shape index (κ1) is 15.4. The molecule has 0 aliphatic rings. The molecular formula is C14H16N6O2S. The van der Waals surface area contributed by atoms with Crippen molar-refractivity contribution in [1.82, 2.24) is 29.3 Å². The number of aromatic nitrogens is 5. The van der Waals surface area contributed by atoms with E-state index in [4.69, 9.17) is 0 Å². The molecule has 23 heavy (non-hydrogen) atoms. The fraction of sp³-hybridized carbons (Fsp3) is 0.214. The minimum Gasteiger partial charge on any atom is -0.267 e. The SMILES string of the molecule is CN(Cc1ncn[nH]1)S(=O)(=O)c1cnn(Cc2ccccc2)c1. The quantitative estimate of drug-likeness (QED) is 0.722. The molecular weight excluding hydrogens is 316 g/mol. The molecule has 1 N–H and O–H groups in total. The van der Waals surface area contributed by atoms with E-state index in [1.54, 1.807) is 4.68 Å². The number of rotatable bonds is 6. The summed E-state index contributed by atoms with van der Waals surface area (Å²) in [6.07, 6.45) is 4.22. The number of nitrogens with one attached hydrogen (secondary N) is 1. The second-order valence-corrected chi connectivity index (χ2v) is 7.10. The molecule has 0 bridgehead atoms. The van der Waals surface area contributed by atoms with E-state index in [1.165, 1.54) is 30.1 Å². The average molecular weight is 332 g/mol. The van der Waals surface area contributed by atoms with Gasteiger partial charge in [-0.2, -0.15) is 14.5 Å². The van der Waals surface area contributed by atoms with E-state index in [0.29, 0.717) is 12.4 Å². The van der Waals surface area contributed by atoms with Crippen LogP contribution < -0.4 is 0 Å². The van der Waals surface area contributed by atoms with E-state index in [0.717, 1.165) is 5.56 Å². The number of hydrogen-bond donors (Lipinski definition) is 1. The van der Waals surface area contributed by atoms with Gasteiger partial charge in [0.2, 0.25) is 10.0 Å². The summed E-state index contributed by atoms with van der Waals surface area (Å²) in [5.74, 6) is 0.479. The highest BCUT2D eigenvalue weighted by Gasteiger charge is 2.23. The molecule has 120 valence electrons. The Bertz CT molecular complexity index is 858. The predicted octanol–water partition coefficient (Wildman–Crippen LogP) is 0.870. The summed E-state index contributed by atoms with van der Waals surface area (Å²) in [4.78, 5) is 4.08. The first-order valence-electron chi connectivity index (χ1n) is 6.92. The molecule has 0 radical (unpaired) electrons. The number of benzene rings is 1. The molecule has 0 spiro atoms. The van der Waals surface area contributed by atoms with Crippen LogP contribution in [0.2, 0.25) is 0 Å². The molecule has 0 fully saturated rings. The van der Waals surface area contributed by atoms with Crippen LogP contribution in [0, 0.1) is 0 Å². The zero-order chi connectivity index (χ0) is 16.3.